The monoisotopic (exact) mass is 488 g/mol. The van der Waals surface area contributed by atoms with Crippen LogP contribution in [0.5, 0.6) is 11.5 Å². The minimum absolute atomic E-state index is 0.0695. The van der Waals surface area contributed by atoms with Gasteiger partial charge in [0.05, 0.1) is 17.7 Å². The van der Waals surface area contributed by atoms with Crippen LogP contribution in [0, 0.1) is 10.1 Å². The Bertz CT molecular complexity index is 1290. The van der Waals surface area contributed by atoms with Crippen LogP contribution < -0.4 is 15.5 Å². The molecule has 184 valence electrons. The second-order valence-electron chi connectivity index (χ2n) is 7.50. The van der Waals surface area contributed by atoms with Crippen LogP contribution >= 0.6 is 0 Å². The fraction of sp³-hybridized carbons (Fsp3) is 0.115. The van der Waals surface area contributed by atoms with Crippen molar-refractivity contribution >= 4 is 29.8 Å². The van der Waals surface area contributed by atoms with E-state index in [9.17, 15) is 24.8 Å². The van der Waals surface area contributed by atoms with E-state index in [1.165, 1.54) is 18.4 Å². The molecule has 0 heterocycles. The molecule has 0 saturated carbocycles. The highest BCUT2D eigenvalue weighted by atomic mass is 16.6. The van der Waals surface area contributed by atoms with Crippen LogP contribution in [0.15, 0.2) is 83.6 Å². The smallest absolute Gasteiger partial charge is 0.311 e. The molecule has 0 spiro atoms. The van der Waals surface area contributed by atoms with Crippen molar-refractivity contribution in [1.82, 2.24) is 10.7 Å². The molecule has 3 aromatic rings. The summed E-state index contributed by atoms with van der Waals surface area (Å²) >= 11 is 0. The Balaban J connectivity index is 1.80. The molecule has 0 radical (unpaired) electrons. The largest absolute Gasteiger partial charge is 0.502 e. The van der Waals surface area contributed by atoms with Gasteiger partial charge in [-0.3, -0.25) is 19.7 Å². The molecule has 0 bridgehead atoms. The molecule has 0 aliphatic carbocycles. The maximum atomic E-state index is 12.9. The Kier molecular flexibility index (Phi) is 8.88. The number of hydrogen-bond acceptors (Lipinski definition) is 7. The molecule has 0 saturated heterocycles. The lowest BCUT2D eigenvalue weighted by molar-refractivity contribution is -0.385. The van der Waals surface area contributed by atoms with Gasteiger partial charge < -0.3 is 15.2 Å². The summed E-state index contributed by atoms with van der Waals surface area (Å²) in [5.41, 5.74) is 3.01. The number of carbonyl (C=O) groups excluding carboxylic acids is 2. The first-order valence-electron chi connectivity index (χ1n) is 11.0. The summed E-state index contributed by atoms with van der Waals surface area (Å²) in [6, 6.07) is 19.1. The molecular formula is C26H24N4O6. The zero-order valence-corrected chi connectivity index (χ0v) is 19.4. The summed E-state index contributed by atoms with van der Waals surface area (Å²) in [7, 11) is 0. The number of hydrazone groups is 1. The summed E-state index contributed by atoms with van der Waals surface area (Å²) in [6.45, 7) is 2.58. The number of nitrogens with one attached hydrogen (secondary N) is 2. The molecule has 10 nitrogen and oxygen atoms in total. The number of phenols is 1. The van der Waals surface area contributed by atoms with Gasteiger partial charge in [0, 0.05) is 17.2 Å². The number of hydrogen-bond donors (Lipinski definition) is 3. The average Bonchev–Trinajstić information content (AvgIpc) is 2.89. The van der Waals surface area contributed by atoms with Gasteiger partial charge >= 0.3 is 5.69 Å². The molecule has 0 aliphatic heterocycles. The molecule has 2 amide bonds. The van der Waals surface area contributed by atoms with Gasteiger partial charge in [-0.2, -0.15) is 5.10 Å². The molecule has 0 aromatic heterocycles. The third-order valence-electron chi connectivity index (χ3n) is 4.77. The van der Waals surface area contributed by atoms with Crippen LogP contribution in [-0.2, 0) is 4.79 Å². The van der Waals surface area contributed by atoms with Gasteiger partial charge in [-0.05, 0) is 54.5 Å². The van der Waals surface area contributed by atoms with Crippen molar-refractivity contribution in [2.24, 2.45) is 5.10 Å². The molecule has 0 aliphatic rings. The van der Waals surface area contributed by atoms with Gasteiger partial charge in [0.25, 0.3) is 11.8 Å². The van der Waals surface area contributed by atoms with Gasteiger partial charge in [0.1, 0.15) is 11.4 Å². The first-order valence-corrected chi connectivity index (χ1v) is 11.0. The van der Waals surface area contributed by atoms with Crippen molar-refractivity contribution in [2.45, 2.75) is 13.3 Å². The van der Waals surface area contributed by atoms with E-state index in [1.807, 2.05) is 6.92 Å². The number of aromatic hydroxyl groups is 1. The van der Waals surface area contributed by atoms with Crippen molar-refractivity contribution in [3.63, 3.8) is 0 Å². The van der Waals surface area contributed by atoms with Gasteiger partial charge in [-0.25, -0.2) is 5.43 Å². The molecule has 0 unspecified atom stereocenters. The van der Waals surface area contributed by atoms with Crippen molar-refractivity contribution in [3.05, 3.63) is 105 Å². The third-order valence-corrected chi connectivity index (χ3v) is 4.77. The fourth-order valence-corrected chi connectivity index (χ4v) is 2.98. The number of nitrogens with zero attached hydrogens (tertiary/aromatic N) is 2. The molecule has 3 aromatic carbocycles. The maximum Gasteiger partial charge on any atom is 0.311 e. The van der Waals surface area contributed by atoms with E-state index < -0.39 is 28.2 Å². The van der Waals surface area contributed by atoms with E-state index in [4.69, 9.17) is 4.74 Å². The zero-order chi connectivity index (χ0) is 25.9. The maximum absolute atomic E-state index is 12.9. The minimum atomic E-state index is -0.732. The Hall–Kier alpha value is -4.99. The minimum Gasteiger partial charge on any atom is -0.502 e. The second kappa shape index (κ2) is 12.5. The Labute approximate surface area is 207 Å². The van der Waals surface area contributed by atoms with Gasteiger partial charge in [-0.1, -0.05) is 37.3 Å². The highest BCUT2D eigenvalue weighted by Crippen LogP contribution is 2.25. The van der Waals surface area contributed by atoms with Crippen LogP contribution in [0.1, 0.15) is 34.8 Å². The zero-order valence-electron chi connectivity index (χ0n) is 19.4. The quantitative estimate of drug-likeness (QED) is 0.170. The third kappa shape index (κ3) is 7.26. The first-order chi connectivity index (χ1) is 17.4. The van der Waals surface area contributed by atoms with Gasteiger partial charge in [-0.15, -0.1) is 0 Å². The average molecular weight is 489 g/mol. The van der Waals surface area contributed by atoms with Crippen LogP contribution in [0.3, 0.4) is 0 Å². The van der Waals surface area contributed by atoms with E-state index in [1.54, 1.807) is 54.6 Å². The van der Waals surface area contributed by atoms with Crippen LogP contribution in [-0.4, -0.2) is 34.7 Å². The lowest BCUT2D eigenvalue weighted by Crippen LogP contribution is -2.32. The number of amides is 2. The number of nitro groups is 1. The number of rotatable bonds is 10. The van der Waals surface area contributed by atoms with E-state index in [-0.39, 0.29) is 11.3 Å². The van der Waals surface area contributed by atoms with Crippen molar-refractivity contribution in [2.75, 3.05) is 6.61 Å². The molecule has 0 fully saturated rings. The number of ether oxygens (including phenoxy) is 1. The Morgan fingerprint density at radius 1 is 1.06 bits per heavy atom. The fourth-order valence-electron chi connectivity index (χ4n) is 2.98. The van der Waals surface area contributed by atoms with Crippen molar-refractivity contribution < 1.29 is 24.4 Å². The molecule has 10 heteroatoms. The molecular weight excluding hydrogens is 464 g/mol. The SMILES string of the molecule is CCCOc1ccc(/C=C(\NC(=O)c2ccccc2)C(=O)N/N=C/c2ccc(O)c([N+](=O)[O-])c2)cc1. The lowest BCUT2D eigenvalue weighted by Gasteiger charge is -2.10. The van der Waals surface area contributed by atoms with Crippen LogP contribution in [0.2, 0.25) is 0 Å². The lowest BCUT2D eigenvalue weighted by atomic mass is 10.1. The molecule has 3 rings (SSSR count). The summed E-state index contributed by atoms with van der Waals surface area (Å²) in [5.74, 6) is -1.00. The van der Waals surface area contributed by atoms with E-state index in [2.05, 4.69) is 15.8 Å². The Morgan fingerprint density at radius 2 is 1.75 bits per heavy atom. The highest BCUT2D eigenvalue weighted by Gasteiger charge is 2.15. The topological polar surface area (TPSA) is 143 Å². The molecule has 0 atom stereocenters. The van der Waals surface area contributed by atoms with Gasteiger partial charge in [0.15, 0.2) is 5.75 Å². The predicted molar refractivity (Wildman–Crippen MR) is 135 cm³/mol. The summed E-state index contributed by atoms with van der Waals surface area (Å²) in [4.78, 5) is 35.8. The highest BCUT2D eigenvalue weighted by molar-refractivity contribution is 6.05. The first kappa shape index (κ1) is 25.6. The summed E-state index contributed by atoms with van der Waals surface area (Å²) in [6.07, 6.45) is 3.54. The molecule has 36 heavy (non-hydrogen) atoms. The van der Waals surface area contributed by atoms with E-state index >= 15 is 0 Å². The number of nitro benzene ring substituents is 1. The van der Waals surface area contributed by atoms with Crippen LogP contribution in [0.25, 0.3) is 6.08 Å². The number of phenolic OH excluding ortho intramolecular Hbond substituents is 1. The predicted octanol–water partition coefficient (Wildman–Crippen LogP) is 4.01. The number of benzene rings is 3. The van der Waals surface area contributed by atoms with Crippen molar-refractivity contribution in [1.29, 1.82) is 0 Å². The normalized spacial score (nSPS) is 11.2. The van der Waals surface area contributed by atoms with Crippen LogP contribution in [0.4, 0.5) is 5.69 Å². The van der Waals surface area contributed by atoms with E-state index in [0.717, 1.165) is 18.6 Å². The molecule has 3 N–H and O–H groups in total. The second-order valence-corrected chi connectivity index (χ2v) is 7.50. The van der Waals surface area contributed by atoms with Gasteiger partial charge in [0.2, 0.25) is 0 Å². The summed E-state index contributed by atoms with van der Waals surface area (Å²) < 4.78 is 5.56. The Morgan fingerprint density at radius 3 is 2.42 bits per heavy atom. The number of carbonyl (C=O) groups is 2. The van der Waals surface area contributed by atoms with Crippen molar-refractivity contribution in [3.8, 4) is 11.5 Å². The summed E-state index contributed by atoms with van der Waals surface area (Å²) in [5, 5.41) is 27.0. The van der Waals surface area contributed by atoms with E-state index in [0.29, 0.717) is 23.5 Å². The standard InChI is InChI=1S/C26H24N4O6/c1-2-14-36-21-11-8-18(9-12-21)15-22(28-25(32)20-6-4-3-5-7-20)26(33)29-27-17-19-10-13-24(31)23(16-19)30(34)35/h3-13,15-17,31H,2,14H2,1H3,(H,28,32)(H,29,33)/b22-15-,27-17+.